The van der Waals surface area contributed by atoms with Crippen molar-refractivity contribution in [2.75, 3.05) is 93.3 Å². The molecule has 0 unspecified atom stereocenters. The highest BCUT2D eigenvalue weighted by Gasteiger charge is 2.50. The van der Waals surface area contributed by atoms with Crippen molar-refractivity contribution in [3.8, 4) is 0 Å². The number of rotatable bonds is 14. The Balaban J connectivity index is 0.988. The number of hydrogen-bond donors (Lipinski definition) is 0. The summed E-state index contributed by atoms with van der Waals surface area (Å²) in [5, 5.41) is 0.484. The van der Waals surface area contributed by atoms with E-state index >= 15 is 0 Å². The molecule has 18 heteroatoms. The summed E-state index contributed by atoms with van der Waals surface area (Å²) in [6.07, 6.45) is -4.81. The van der Waals surface area contributed by atoms with Gasteiger partial charge in [0.1, 0.15) is 12.2 Å². The Morgan fingerprint density at radius 1 is 0.821 bits per heavy atom. The van der Waals surface area contributed by atoms with Crippen LogP contribution in [0.3, 0.4) is 0 Å². The van der Waals surface area contributed by atoms with E-state index < -0.39 is 40.6 Å². The molecule has 3 aliphatic heterocycles. The first-order valence-electron chi connectivity index (χ1n) is 22.9. The Bertz CT molecular complexity index is 2220. The van der Waals surface area contributed by atoms with Crippen molar-refractivity contribution >= 4 is 40.9 Å². The van der Waals surface area contributed by atoms with Crippen LogP contribution in [-0.4, -0.2) is 142 Å². The van der Waals surface area contributed by atoms with Gasteiger partial charge in [0.15, 0.2) is 0 Å². The molecule has 3 aromatic rings. The fourth-order valence-corrected chi connectivity index (χ4v) is 10.6. The van der Waals surface area contributed by atoms with Gasteiger partial charge in [-0.3, -0.25) is 14.4 Å². The number of morpholine rings is 1. The van der Waals surface area contributed by atoms with Gasteiger partial charge in [0, 0.05) is 57.7 Å². The molecule has 0 saturated carbocycles. The molecule has 3 aromatic carbocycles. The van der Waals surface area contributed by atoms with Crippen LogP contribution in [0.5, 0.6) is 0 Å². The van der Waals surface area contributed by atoms with Crippen molar-refractivity contribution in [3.05, 3.63) is 104 Å². The zero-order chi connectivity index (χ0) is 48.3. The third-order valence-electron chi connectivity index (χ3n) is 14.5. The van der Waals surface area contributed by atoms with E-state index in [0.29, 0.717) is 82.0 Å². The molecule has 0 radical (unpaired) electrons. The lowest BCUT2D eigenvalue weighted by atomic mass is 9.72. The van der Waals surface area contributed by atoms with E-state index in [9.17, 15) is 40.7 Å². The largest absolute Gasteiger partial charge is 0.416 e. The van der Waals surface area contributed by atoms with Crippen molar-refractivity contribution in [2.45, 2.75) is 80.8 Å². The number of likely N-dealkylation sites (N-methyl/N-ethyl adjacent to an activating group) is 1. The lowest BCUT2D eigenvalue weighted by Crippen LogP contribution is -2.54. The molecule has 1 aliphatic carbocycles. The molecule has 4 aliphatic rings. The molecule has 1 spiro atoms. The topological polar surface area (TPSA) is 85.9 Å². The molecule has 7 rings (SSSR count). The number of fused-ring (bicyclic) bond motifs is 2. The highest BCUT2D eigenvalue weighted by atomic mass is 35.5. The van der Waals surface area contributed by atoms with Crippen molar-refractivity contribution in [1.29, 1.82) is 0 Å². The SMILES string of the molecule is CN1CCC(CC(=O)N(C)CCCN(C)C(=O)CO[C@H]2Cc3ccccc3C23CCN(CC[C@@]2(c4ccc(Cl)c(Cl)c4)CN(C(=O)c4cc(C(F)(F)F)cc(C(F)(F)F)c4)CCO2)CC3)CC1. The molecule has 366 valence electrons. The number of carbonyl (C=O) groups is 3. The van der Waals surface area contributed by atoms with E-state index in [1.807, 2.05) is 19.2 Å². The number of nitrogens with zero attached hydrogens (tertiary/aromatic N) is 5. The van der Waals surface area contributed by atoms with Crippen LogP contribution in [0, 0.1) is 5.92 Å². The van der Waals surface area contributed by atoms with Crippen LogP contribution in [-0.2, 0) is 48.9 Å². The van der Waals surface area contributed by atoms with Crippen LogP contribution in [0.1, 0.15) is 83.1 Å². The first-order chi connectivity index (χ1) is 31.7. The predicted molar refractivity (Wildman–Crippen MR) is 243 cm³/mol. The smallest absolute Gasteiger partial charge is 0.367 e. The minimum atomic E-state index is -5.12. The van der Waals surface area contributed by atoms with Gasteiger partial charge in [-0.15, -0.1) is 0 Å². The average molecular weight is 983 g/mol. The van der Waals surface area contributed by atoms with Gasteiger partial charge < -0.3 is 34.0 Å². The van der Waals surface area contributed by atoms with E-state index in [-0.39, 0.29) is 65.7 Å². The fourth-order valence-electron chi connectivity index (χ4n) is 10.3. The number of halogens is 8. The number of carbonyl (C=O) groups excluding carboxylic acids is 3. The van der Waals surface area contributed by atoms with Crippen molar-refractivity contribution in [3.63, 3.8) is 0 Å². The third-order valence-corrected chi connectivity index (χ3v) is 15.2. The lowest BCUT2D eigenvalue weighted by molar-refractivity contribution is -0.143. The number of alkyl halides is 6. The molecule has 10 nitrogen and oxygen atoms in total. The number of benzene rings is 3. The number of hydrogen-bond acceptors (Lipinski definition) is 7. The second-order valence-corrected chi connectivity index (χ2v) is 19.7. The number of ether oxygens (including phenoxy) is 2. The summed E-state index contributed by atoms with van der Waals surface area (Å²) in [7, 11) is 5.69. The van der Waals surface area contributed by atoms with Gasteiger partial charge in [-0.2, -0.15) is 26.3 Å². The summed E-state index contributed by atoms with van der Waals surface area (Å²) < 4.78 is 95.7. The molecular formula is C49H59Cl2F6N5O5. The molecule has 3 amide bonds. The van der Waals surface area contributed by atoms with Gasteiger partial charge in [-0.1, -0.05) is 53.5 Å². The second kappa shape index (κ2) is 21.0. The molecule has 0 N–H and O–H groups in total. The van der Waals surface area contributed by atoms with Crippen LogP contribution in [0.25, 0.3) is 0 Å². The summed E-state index contributed by atoms with van der Waals surface area (Å²) in [6.45, 7) is 4.48. The van der Waals surface area contributed by atoms with Crippen molar-refractivity contribution in [1.82, 2.24) is 24.5 Å². The van der Waals surface area contributed by atoms with Gasteiger partial charge in [0.05, 0.1) is 40.4 Å². The van der Waals surface area contributed by atoms with Crippen LogP contribution in [0.4, 0.5) is 26.3 Å². The monoisotopic (exact) mass is 981 g/mol. The number of piperidine rings is 2. The van der Waals surface area contributed by atoms with Gasteiger partial charge in [0.25, 0.3) is 5.91 Å². The molecule has 3 saturated heterocycles. The Morgan fingerprint density at radius 2 is 1.46 bits per heavy atom. The summed E-state index contributed by atoms with van der Waals surface area (Å²) >= 11 is 12.8. The Labute approximate surface area is 398 Å². The van der Waals surface area contributed by atoms with Crippen LogP contribution in [0.2, 0.25) is 10.0 Å². The standard InChI is InChI=1S/C49H59Cl2F6N5O5/c1-58-18-11-33(12-19-58)25-43(63)59(2)16-6-17-60(3)44(64)31-66-42-28-34-7-4-5-8-39(34)46(42)13-20-61(21-14-46)22-15-47(36-9-10-40(50)41(51)30-36)32-62(23-24-67-47)45(65)35-26-37(48(52,53)54)29-38(27-35)49(55,56)57/h4-5,7-10,26-27,29-30,33,42H,6,11-25,28,31-32H2,1-3H3/t42-,47-/m0/s1. The summed E-state index contributed by atoms with van der Waals surface area (Å²) in [5.74, 6) is -0.570. The van der Waals surface area contributed by atoms with Gasteiger partial charge in [0.2, 0.25) is 11.8 Å². The maximum atomic E-state index is 13.9. The van der Waals surface area contributed by atoms with Crippen LogP contribution >= 0.6 is 23.2 Å². The normalized spacial score (nSPS) is 21.7. The van der Waals surface area contributed by atoms with Crippen LogP contribution in [0.15, 0.2) is 60.7 Å². The van der Waals surface area contributed by atoms with E-state index in [0.717, 1.165) is 38.8 Å². The average Bonchev–Trinajstić information content (AvgIpc) is 3.60. The van der Waals surface area contributed by atoms with E-state index in [1.54, 1.807) is 35.0 Å². The molecule has 3 heterocycles. The fraction of sp³-hybridized carbons (Fsp3) is 0.571. The van der Waals surface area contributed by atoms with Crippen molar-refractivity contribution < 1.29 is 50.2 Å². The van der Waals surface area contributed by atoms with Gasteiger partial charge >= 0.3 is 12.4 Å². The molecular weight excluding hydrogens is 923 g/mol. The first-order valence-corrected chi connectivity index (χ1v) is 23.7. The maximum absolute atomic E-state index is 13.9. The Morgan fingerprint density at radius 3 is 2.10 bits per heavy atom. The Hall–Kier alpha value is -3.93. The minimum Gasteiger partial charge on any atom is -0.367 e. The zero-order valence-electron chi connectivity index (χ0n) is 38.2. The highest BCUT2D eigenvalue weighted by molar-refractivity contribution is 6.42. The summed E-state index contributed by atoms with van der Waals surface area (Å²) in [5.41, 5.74) is -2.52. The molecule has 3 fully saturated rings. The maximum Gasteiger partial charge on any atom is 0.416 e. The van der Waals surface area contributed by atoms with Crippen LogP contribution < -0.4 is 0 Å². The first kappa shape index (κ1) is 50.9. The lowest BCUT2D eigenvalue weighted by Gasteiger charge is -2.46. The van der Waals surface area contributed by atoms with E-state index in [2.05, 4.69) is 29.0 Å². The predicted octanol–water partition coefficient (Wildman–Crippen LogP) is 8.80. The van der Waals surface area contributed by atoms with Crippen molar-refractivity contribution in [2.24, 2.45) is 5.92 Å². The summed E-state index contributed by atoms with van der Waals surface area (Å²) in [6, 6.07) is 14.1. The molecule has 0 bridgehead atoms. The molecule has 2 atom stereocenters. The molecule has 0 aromatic heterocycles. The Kier molecular flexibility index (Phi) is 15.9. The quantitative estimate of drug-likeness (QED) is 0.150. The zero-order valence-corrected chi connectivity index (χ0v) is 39.7. The van der Waals surface area contributed by atoms with Gasteiger partial charge in [-0.05, 0) is 131 Å². The van der Waals surface area contributed by atoms with Gasteiger partial charge in [-0.25, -0.2) is 0 Å². The minimum absolute atomic E-state index is 0.00110. The molecule has 67 heavy (non-hydrogen) atoms. The summed E-state index contributed by atoms with van der Waals surface area (Å²) in [4.78, 5) is 49.5. The number of likely N-dealkylation sites (tertiary alicyclic amines) is 2. The van der Waals surface area contributed by atoms with E-state index in [4.69, 9.17) is 32.7 Å². The second-order valence-electron chi connectivity index (χ2n) is 18.8. The highest BCUT2D eigenvalue weighted by Crippen LogP contribution is 2.48. The third kappa shape index (κ3) is 11.9. The number of amides is 3. The van der Waals surface area contributed by atoms with E-state index in [1.165, 1.54) is 16.0 Å².